The summed E-state index contributed by atoms with van der Waals surface area (Å²) in [5.74, 6) is 1.15. The molecule has 7 heteroatoms. The van der Waals surface area contributed by atoms with Crippen LogP contribution >= 0.6 is 0 Å². The molecule has 1 aliphatic rings. The van der Waals surface area contributed by atoms with Crippen molar-refractivity contribution in [1.82, 2.24) is 4.98 Å². The number of amides is 1. The molecule has 0 radical (unpaired) electrons. The fourth-order valence-electron chi connectivity index (χ4n) is 3.18. The Balaban J connectivity index is 1.72. The lowest BCUT2D eigenvalue weighted by molar-refractivity contribution is 0.102. The van der Waals surface area contributed by atoms with Gasteiger partial charge >= 0.3 is 0 Å². The summed E-state index contributed by atoms with van der Waals surface area (Å²) in [5.41, 5.74) is 2.44. The van der Waals surface area contributed by atoms with Crippen LogP contribution in [-0.2, 0) is 9.84 Å². The van der Waals surface area contributed by atoms with Crippen LogP contribution in [0.3, 0.4) is 0 Å². The highest BCUT2D eigenvalue weighted by Gasteiger charge is 2.31. The average molecular weight is 388 g/mol. The average Bonchev–Trinajstić information content (AvgIpc) is 3.01. The fraction of sp³-hybridized carbons (Fsp3) is 0.400. The third kappa shape index (κ3) is 4.66. The van der Waals surface area contributed by atoms with E-state index in [1.54, 1.807) is 18.3 Å². The Bertz CT molecular complexity index is 924. The summed E-state index contributed by atoms with van der Waals surface area (Å²) >= 11 is 0. The smallest absolute Gasteiger partial charge is 0.255 e. The second-order valence-electron chi connectivity index (χ2n) is 7.30. The van der Waals surface area contributed by atoms with E-state index < -0.39 is 9.84 Å². The lowest BCUT2D eigenvalue weighted by Crippen LogP contribution is -2.33. The number of pyridine rings is 1. The van der Waals surface area contributed by atoms with Crippen molar-refractivity contribution in [3.63, 3.8) is 0 Å². The van der Waals surface area contributed by atoms with Crippen LogP contribution in [0.1, 0.15) is 42.1 Å². The maximum atomic E-state index is 12.6. The molecule has 0 spiro atoms. The second kappa shape index (κ2) is 7.68. The maximum Gasteiger partial charge on any atom is 0.255 e. The third-order valence-electron chi connectivity index (χ3n) is 4.96. The normalized spacial score (nSPS) is 18.4. The van der Waals surface area contributed by atoms with Gasteiger partial charge < -0.3 is 10.2 Å². The molecule has 2 heterocycles. The number of nitrogens with zero attached hydrogens (tertiary/aromatic N) is 2. The number of anilines is 2. The molecular formula is C20H25N3O3S. The number of rotatable bonds is 5. The quantitative estimate of drug-likeness (QED) is 0.853. The maximum absolute atomic E-state index is 12.6. The highest BCUT2D eigenvalue weighted by Crippen LogP contribution is 2.23. The Morgan fingerprint density at radius 1 is 1.22 bits per heavy atom. The van der Waals surface area contributed by atoms with Gasteiger partial charge in [0.1, 0.15) is 5.82 Å². The number of benzene rings is 1. The first kappa shape index (κ1) is 19.4. The van der Waals surface area contributed by atoms with Gasteiger partial charge in [-0.05, 0) is 42.2 Å². The third-order valence-corrected chi connectivity index (χ3v) is 6.71. The van der Waals surface area contributed by atoms with Crippen LogP contribution in [0.15, 0.2) is 42.6 Å². The Morgan fingerprint density at radius 3 is 2.52 bits per heavy atom. The topological polar surface area (TPSA) is 79.4 Å². The molecule has 6 nitrogen and oxygen atoms in total. The molecule has 3 rings (SSSR count). The molecule has 1 unspecified atom stereocenters. The molecule has 1 amide bonds. The molecule has 27 heavy (non-hydrogen) atoms. The highest BCUT2D eigenvalue weighted by atomic mass is 32.2. The summed E-state index contributed by atoms with van der Waals surface area (Å²) in [4.78, 5) is 18.7. The zero-order valence-electron chi connectivity index (χ0n) is 15.8. The molecule has 0 saturated carbocycles. The van der Waals surface area contributed by atoms with E-state index in [9.17, 15) is 13.2 Å². The number of nitrogens with one attached hydrogen (secondary N) is 1. The van der Waals surface area contributed by atoms with E-state index in [0.29, 0.717) is 23.7 Å². The molecule has 1 aromatic carbocycles. The van der Waals surface area contributed by atoms with Gasteiger partial charge in [-0.15, -0.1) is 0 Å². The summed E-state index contributed by atoms with van der Waals surface area (Å²) in [6.07, 6.45) is 2.16. The highest BCUT2D eigenvalue weighted by molar-refractivity contribution is 7.91. The van der Waals surface area contributed by atoms with Crippen molar-refractivity contribution in [2.45, 2.75) is 32.2 Å². The molecular weight excluding hydrogens is 362 g/mol. The summed E-state index contributed by atoms with van der Waals surface area (Å²) < 4.78 is 23.4. The van der Waals surface area contributed by atoms with Gasteiger partial charge in [-0.2, -0.15) is 0 Å². The SMILES string of the molecule is CC(C)c1ccc(NC(=O)c2ccnc(N(C)C3CCS(=O)(=O)C3)c2)cc1. The van der Waals surface area contributed by atoms with E-state index in [-0.39, 0.29) is 23.5 Å². The fourth-order valence-corrected chi connectivity index (χ4v) is 4.95. The minimum Gasteiger partial charge on any atom is -0.356 e. The standard InChI is InChI=1S/C20H25N3O3S/c1-14(2)15-4-6-17(7-5-15)22-20(24)16-8-10-21-19(12-16)23(3)18-9-11-27(25,26)13-18/h4-8,10,12,14,18H,9,11,13H2,1-3H3,(H,22,24). The van der Waals surface area contributed by atoms with Crippen molar-refractivity contribution < 1.29 is 13.2 Å². The van der Waals surface area contributed by atoms with Gasteiger partial charge in [0.05, 0.1) is 11.5 Å². The zero-order chi connectivity index (χ0) is 19.6. The van der Waals surface area contributed by atoms with Crippen LogP contribution in [0.25, 0.3) is 0 Å². The van der Waals surface area contributed by atoms with Crippen molar-refractivity contribution in [1.29, 1.82) is 0 Å². The van der Waals surface area contributed by atoms with Crippen LogP contribution in [0.2, 0.25) is 0 Å². The molecule has 1 N–H and O–H groups in total. The number of sulfone groups is 1. The summed E-state index contributed by atoms with van der Waals surface area (Å²) in [6.45, 7) is 4.25. The Hall–Kier alpha value is -2.41. The molecule has 0 bridgehead atoms. The minimum absolute atomic E-state index is 0.107. The predicted molar refractivity (Wildman–Crippen MR) is 108 cm³/mol. The summed E-state index contributed by atoms with van der Waals surface area (Å²) in [7, 11) is -1.15. The first-order valence-electron chi connectivity index (χ1n) is 9.06. The van der Waals surface area contributed by atoms with E-state index in [1.165, 1.54) is 5.56 Å². The van der Waals surface area contributed by atoms with Crippen LogP contribution in [0, 0.1) is 0 Å². The van der Waals surface area contributed by atoms with E-state index in [0.717, 1.165) is 5.69 Å². The number of carbonyl (C=O) groups excluding carboxylic acids is 1. The Morgan fingerprint density at radius 2 is 1.93 bits per heavy atom. The summed E-state index contributed by atoms with van der Waals surface area (Å²) in [5, 5.41) is 2.89. The Kier molecular flexibility index (Phi) is 5.51. The van der Waals surface area contributed by atoms with E-state index in [2.05, 4.69) is 24.1 Å². The van der Waals surface area contributed by atoms with Crippen molar-refractivity contribution in [2.75, 3.05) is 28.8 Å². The van der Waals surface area contributed by atoms with Gasteiger partial charge in [-0.1, -0.05) is 26.0 Å². The van der Waals surface area contributed by atoms with Gasteiger partial charge in [-0.3, -0.25) is 4.79 Å². The largest absolute Gasteiger partial charge is 0.356 e. The zero-order valence-corrected chi connectivity index (χ0v) is 16.7. The lowest BCUT2D eigenvalue weighted by Gasteiger charge is -2.24. The van der Waals surface area contributed by atoms with Gasteiger partial charge in [0.15, 0.2) is 9.84 Å². The van der Waals surface area contributed by atoms with Crippen LogP contribution in [0.4, 0.5) is 11.5 Å². The molecule has 0 aliphatic carbocycles. The van der Waals surface area contributed by atoms with Gasteiger partial charge in [-0.25, -0.2) is 13.4 Å². The van der Waals surface area contributed by atoms with Crippen LogP contribution in [-0.4, -0.2) is 43.9 Å². The van der Waals surface area contributed by atoms with Crippen LogP contribution < -0.4 is 10.2 Å². The molecule has 1 aliphatic heterocycles. The number of aromatic nitrogens is 1. The van der Waals surface area contributed by atoms with E-state index in [4.69, 9.17) is 0 Å². The summed E-state index contributed by atoms with van der Waals surface area (Å²) in [6, 6.07) is 11.0. The van der Waals surface area contributed by atoms with Gasteiger partial charge in [0, 0.05) is 30.5 Å². The number of carbonyl (C=O) groups is 1. The molecule has 1 fully saturated rings. The van der Waals surface area contributed by atoms with E-state index >= 15 is 0 Å². The molecule has 2 aromatic rings. The van der Waals surface area contributed by atoms with E-state index in [1.807, 2.05) is 36.2 Å². The molecule has 144 valence electrons. The predicted octanol–water partition coefficient (Wildman–Crippen LogP) is 3.08. The lowest BCUT2D eigenvalue weighted by atomic mass is 10.0. The van der Waals surface area contributed by atoms with Crippen molar-refractivity contribution in [3.05, 3.63) is 53.7 Å². The monoisotopic (exact) mass is 387 g/mol. The second-order valence-corrected chi connectivity index (χ2v) is 9.53. The molecule has 1 atom stereocenters. The van der Waals surface area contributed by atoms with Crippen molar-refractivity contribution in [3.8, 4) is 0 Å². The van der Waals surface area contributed by atoms with Crippen LogP contribution in [0.5, 0.6) is 0 Å². The van der Waals surface area contributed by atoms with Crippen molar-refractivity contribution >= 4 is 27.2 Å². The Labute approximate surface area is 160 Å². The van der Waals surface area contributed by atoms with Gasteiger partial charge in [0.25, 0.3) is 5.91 Å². The first-order valence-corrected chi connectivity index (χ1v) is 10.9. The molecule has 1 aromatic heterocycles. The van der Waals surface area contributed by atoms with Gasteiger partial charge in [0.2, 0.25) is 0 Å². The number of hydrogen-bond acceptors (Lipinski definition) is 5. The first-order chi connectivity index (χ1) is 12.7. The number of hydrogen-bond donors (Lipinski definition) is 1. The van der Waals surface area contributed by atoms with Crippen molar-refractivity contribution in [2.24, 2.45) is 0 Å². The molecule has 1 saturated heterocycles. The minimum atomic E-state index is -2.97.